The quantitative estimate of drug-likeness (QED) is 0.631. The molecule has 0 saturated carbocycles. The molecule has 0 saturated heterocycles. The van der Waals surface area contributed by atoms with E-state index in [-0.39, 0.29) is 0 Å². The van der Waals surface area contributed by atoms with Gasteiger partial charge in [-0.05, 0) is 36.4 Å². The molecule has 0 aliphatic carbocycles. The van der Waals surface area contributed by atoms with Crippen molar-refractivity contribution in [2.75, 3.05) is 0 Å². The predicted molar refractivity (Wildman–Crippen MR) is 95.7 cm³/mol. The molecular formula is C20H19FP+. The average Bonchev–Trinajstić information content (AvgIpc) is 2.58. The van der Waals surface area contributed by atoms with Crippen LogP contribution in [-0.4, -0.2) is 5.91 Å². The van der Waals surface area contributed by atoms with Gasteiger partial charge < -0.3 is 0 Å². The third-order valence-electron chi connectivity index (χ3n) is 4.02. The van der Waals surface area contributed by atoms with E-state index < -0.39 is 13.2 Å². The highest BCUT2D eigenvalue weighted by atomic mass is 31.2. The summed E-state index contributed by atoms with van der Waals surface area (Å²) in [5.41, 5.74) is 0. The normalized spacial score (nSPS) is 12.8. The molecule has 0 aromatic heterocycles. The van der Waals surface area contributed by atoms with Crippen LogP contribution in [0.3, 0.4) is 0 Å². The highest BCUT2D eigenvalue weighted by Crippen LogP contribution is 2.59. The molecule has 2 heteroatoms. The minimum absolute atomic E-state index is 0.945. The van der Waals surface area contributed by atoms with E-state index >= 15 is 4.39 Å². The molecule has 0 amide bonds. The number of alkyl halides is 1. The van der Waals surface area contributed by atoms with Crippen LogP contribution in [-0.2, 0) is 0 Å². The van der Waals surface area contributed by atoms with Crippen LogP contribution in [0.1, 0.15) is 6.92 Å². The zero-order valence-corrected chi connectivity index (χ0v) is 13.5. The molecule has 0 fully saturated rings. The molecule has 0 radical (unpaired) electrons. The van der Waals surface area contributed by atoms with Crippen molar-refractivity contribution in [1.82, 2.24) is 0 Å². The van der Waals surface area contributed by atoms with Crippen molar-refractivity contribution in [3.8, 4) is 0 Å². The Morgan fingerprint density at radius 2 is 0.864 bits per heavy atom. The van der Waals surface area contributed by atoms with Gasteiger partial charge in [-0.25, -0.2) is 4.39 Å². The lowest BCUT2D eigenvalue weighted by atomic mass is 10.4. The van der Waals surface area contributed by atoms with Crippen molar-refractivity contribution in [3.63, 3.8) is 0 Å². The number of hydrogen-bond acceptors (Lipinski definition) is 0. The lowest BCUT2D eigenvalue weighted by Gasteiger charge is -2.28. The molecular weight excluding hydrogens is 290 g/mol. The third kappa shape index (κ3) is 2.46. The van der Waals surface area contributed by atoms with E-state index in [9.17, 15) is 0 Å². The first-order valence-corrected chi connectivity index (χ1v) is 9.31. The van der Waals surface area contributed by atoms with Gasteiger partial charge in [0.15, 0.2) is 0 Å². The van der Waals surface area contributed by atoms with Crippen LogP contribution >= 0.6 is 7.26 Å². The molecule has 0 spiro atoms. The molecule has 1 unspecified atom stereocenters. The fourth-order valence-corrected chi connectivity index (χ4v) is 7.11. The molecule has 3 rings (SSSR count). The van der Waals surface area contributed by atoms with Gasteiger partial charge in [-0.3, -0.25) is 0 Å². The van der Waals surface area contributed by atoms with E-state index in [1.165, 1.54) is 0 Å². The summed E-state index contributed by atoms with van der Waals surface area (Å²) in [6.45, 7) is 1.70. The first-order valence-electron chi connectivity index (χ1n) is 7.46. The van der Waals surface area contributed by atoms with Gasteiger partial charge in [-0.1, -0.05) is 54.6 Å². The van der Waals surface area contributed by atoms with Crippen LogP contribution < -0.4 is 15.9 Å². The van der Waals surface area contributed by atoms with Gasteiger partial charge in [0, 0.05) is 6.92 Å². The molecule has 3 aromatic rings. The fraction of sp³-hybridized carbons (Fsp3) is 0.100. The summed E-state index contributed by atoms with van der Waals surface area (Å²) in [7, 11) is -2.29. The number of benzene rings is 3. The summed E-state index contributed by atoms with van der Waals surface area (Å²) in [6, 6.07) is 30.3. The molecule has 0 aliphatic rings. The Bertz CT molecular complexity index is 612. The minimum atomic E-state index is -2.29. The Balaban J connectivity index is 2.34. The molecule has 22 heavy (non-hydrogen) atoms. The van der Waals surface area contributed by atoms with Gasteiger partial charge in [0.25, 0.3) is 0 Å². The summed E-state index contributed by atoms with van der Waals surface area (Å²) >= 11 is 0. The molecule has 0 N–H and O–H groups in total. The molecule has 0 nitrogen and oxygen atoms in total. The zero-order chi connectivity index (χ0) is 15.4. The Hall–Kier alpha value is -1.98. The van der Waals surface area contributed by atoms with Crippen LogP contribution in [0.15, 0.2) is 91.0 Å². The molecule has 3 aromatic carbocycles. The highest BCUT2D eigenvalue weighted by Gasteiger charge is 2.50. The monoisotopic (exact) mass is 309 g/mol. The van der Waals surface area contributed by atoms with Crippen molar-refractivity contribution in [3.05, 3.63) is 91.0 Å². The third-order valence-corrected chi connectivity index (χ3v) is 8.43. The minimum Gasteiger partial charge on any atom is -0.202 e. The van der Waals surface area contributed by atoms with E-state index in [1.807, 2.05) is 54.6 Å². The van der Waals surface area contributed by atoms with Crippen molar-refractivity contribution >= 4 is 23.2 Å². The average molecular weight is 309 g/mol. The second-order valence-corrected chi connectivity index (χ2v) is 9.01. The number of hydrogen-bond donors (Lipinski definition) is 0. The second kappa shape index (κ2) is 6.42. The van der Waals surface area contributed by atoms with Crippen molar-refractivity contribution < 1.29 is 4.39 Å². The topological polar surface area (TPSA) is 0 Å². The Morgan fingerprint density at radius 3 is 1.09 bits per heavy atom. The van der Waals surface area contributed by atoms with Gasteiger partial charge in [-0.2, -0.15) is 0 Å². The van der Waals surface area contributed by atoms with E-state index in [2.05, 4.69) is 36.4 Å². The van der Waals surface area contributed by atoms with Crippen LogP contribution in [0.5, 0.6) is 0 Å². The molecule has 1 atom stereocenters. The first kappa shape index (κ1) is 14.9. The van der Waals surface area contributed by atoms with Crippen molar-refractivity contribution in [1.29, 1.82) is 0 Å². The summed E-state index contributed by atoms with van der Waals surface area (Å²) in [5, 5.41) is 3.26. The van der Waals surface area contributed by atoms with Crippen LogP contribution in [0.25, 0.3) is 0 Å². The first-order chi connectivity index (χ1) is 10.8. The second-order valence-electron chi connectivity index (χ2n) is 5.30. The van der Waals surface area contributed by atoms with Crippen LogP contribution in [0, 0.1) is 0 Å². The summed E-state index contributed by atoms with van der Waals surface area (Å²) in [6.07, 6.45) is 0. The van der Waals surface area contributed by atoms with E-state index in [0.29, 0.717) is 0 Å². The van der Waals surface area contributed by atoms with Crippen molar-refractivity contribution in [2.45, 2.75) is 12.8 Å². The number of rotatable bonds is 4. The number of halogens is 1. The Labute approximate surface area is 132 Å². The van der Waals surface area contributed by atoms with Gasteiger partial charge >= 0.3 is 0 Å². The predicted octanol–water partition coefficient (Wildman–Crippen LogP) is 4.30. The summed E-state index contributed by atoms with van der Waals surface area (Å²) in [4.78, 5) is 0. The molecule has 0 heterocycles. The van der Waals surface area contributed by atoms with E-state index in [0.717, 1.165) is 15.9 Å². The van der Waals surface area contributed by atoms with Gasteiger partial charge in [-0.15, -0.1) is 0 Å². The smallest absolute Gasteiger partial charge is 0.202 e. The largest absolute Gasteiger partial charge is 0.216 e. The fourth-order valence-electron chi connectivity index (χ4n) is 3.05. The molecule has 0 aliphatic heterocycles. The molecule has 0 bridgehead atoms. The highest BCUT2D eigenvalue weighted by molar-refractivity contribution is 7.96. The van der Waals surface area contributed by atoms with Crippen LogP contribution in [0.2, 0.25) is 0 Å². The molecule has 110 valence electrons. The maximum atomic E-state index is 15.1. The van der Waals surface area contributed by atoms with Gasteiger partial charge in [0.05, 0.1) is 0 Å². The maximum Gasteiger partial charge on any atom is 0.216 e. The summed E-state index contributed by atoms with van der Waals surface area (Å²) in [5.74, 6) is -0.945. The Morgan fingerprint density at radius 1 is 0.591 bits per heavy atom. The van der Waals surface area contributed by atoms with Crippen molar-refractivity contribution in [2.24, 2.45) is 0 Å². The van der Waals surface area contributed by atoms with Crippen LogP contribution in [0.4, 0.5) is 4.39 Å². The van der Waals surface area contributed by atoms with E-state index in [1.54, 1.807) is 6.92 Å². The van der Waals surface area contributed by atoms with Gasteiger partial charge in [0.2, 0.25) is 5.91 Å². The SMILES string of the molecule is CC(F)[P+](c1ccccc1)(c1ccccc1)c1ccccc1. The lowest BCUT2D eigenvalue weighted by molar-refractivity contribution is 0.476. The lowest BCUT2D eigenvalue weighted by Crippen LogP contribution is -2.36. The summed E-state index contributed by atoms with van der Waals surface area (Å²) < 4.78 is 15.1. The Kier molecular flexibility index (Phi) is 4.36. The zero-order valence-electron chi connectivity index (χ0n) is 12.6. The standard InChI is InChI=1S/C20H19FP/c1-17(21)22(18-11-5-2-6-12-18,19-13-7-3-8-14-19)20-15-9-4-10-16-20/h2-17H,1H3/q+1. The maximum absolute atomic E-state index is 15.1. The van der Waals surface area contributed by atoms with Gasteiger partial charge in [0.1, 0.15) is 23.2 Å². The van der Waals surface area contributed by atoms with E-state index in [4.69, 9.17) is 0 Å².